The number of guanidine groups is 1. The largest absolute Gasteiger partial charge is 0.342 e. The number of rotatable bonds is 9. The molecular weight excluding hydrogens is 376 g/mol. The van der Waals surface area contributed by atoms with Gasteiger partial charge in [0.15, 0.2) is 5.96 Å². The summed E-state index contributed by atoms with van der Waals surface area (Å²) in [7, 11) is 0. The second kappa shape index (κ2) is 10.1. The summed E-state index contributed by atoms with van der Waals surface area (Å²) in [5.41, 5.74) is 0.422. The second-order valence-electron chi connectivity index (χ2n) is 8.71. The van der Waals surface area contributed by atoms with Crippen molar-refractivity contribution < 1.29 is 9.59 Å². The summed E-state index contributed by atoms with van der Waals surface area (Å²) in [6, 6.07) is 9.82. The maximum Gasteiger partial charge on any atom is 0.255 e. The van der Waals surface area contributed by atoms with Crippen molar-refractivity contribution in [3.63, 3.8) is 0 Å². The first-order valence-electron chi connectivity index (χ1n) is 11.5. The van der Waals surface area contributed by atoms with Gasteiger partial charge >= 0.3 is 0 Å². The Balaban J connectivity index is 1.61. The average Bonchev–Trinajstić information content (AvgIpc) is 3.01. The lowest BCUT2D eigenvalue weighted by atomic mass is 9.86. The van der Waals surface area contributed by atoms with Gasteiger partial charge in [-0.1, -0.05) is 69.9 Å². The molecule has 6 nitrogen and oxygen atoms in total. The number of carbonyl (C=O) groups is 2. The van der Waals surface area contributed by atoms with Crippen LogP contribution in [-0.2, 0) is 16.0 Å². The molecule has 2 aliphatic heterocycles. The summed E-state index contributed by atoms with van der Waals surface area (Å²) in [6.07, 6.45) is 7.50. The Kier molecular flexibility index (Phi) is 7.51. The van der Waals surface area contributed by atoms with Gasteiger partial charge in [0, 0.05) is 19.1 Å². The zero-order chi connectivity index (χ0) is 21.6. The van der Waals surface area contributed by atoms with E-state index in [1.807, 2.05) is 35.2 Å². The molecule has 2 heterocycles. The van der Waals surface area contributed by atoms with Crippen molar-refractivity contribution in [2.24, 2.45) is 0 Å². The number of amides is 2. The Morgan fingerprint density at radius 2 is 1.70 bits per heavy atom. The number of benzene rings is 1. The molecule has 3 rings (SSSR count). The maximum absolute atomic E-state index is 13.4. The summed E-state index contributed by atoms with van der Waals surface area (Å²) in [4.78, 5) is 29.7. The van der Waals surface area contributed by atoms with Crippen molar-refractivity contribution >= 4 is 17.8 Å². The highest BCUT2D eigenvalue weighted by Crippen LogP contribution is 2.32. The minimum absolute atomic E-state index is 0.00315. The lowest BCUT2D eigenvalue weighted by molar-refractivity contribution is -0.135. The average molecular weight is 413 g/mol. The van der Waals surface area contributed by atoms with Crippen LogP contribution in [0.1, 0.15) is 70.8 Å². The van der Waals surface area contributed by atoms with Crippen LogP contribution in [0.5, 0.6) is 0 Å². The van der Waals surface area contributed by atoms with Gasteiger partial charge in [0.1, 0.15) is 5.54 Å². The number of hydrogen-bond donors (Lipinski definition) is 2. The van der Waals surface area contributed by atoms with E-state index in [1.165, 1.54) is 0 Å². The Morgan fingerprint density at radius 1 is 1.10 bits per heavy atom. The second-order valence-corrected chi connectivity index (χ2v) is 8.71. The van der Waals surface area contributed by atoms with Crippen LogP contribution in [0, 0.1) is 5.41 Å². The first kappa shape index (κ1) is 22.3. The predicted octanol–water partition coefficient (Wildman–Crippen LogP) is 3.71. The number of likely N-dealkylation sites (tertiary alicyclic amines) is 1. The Labute approximate surface area is 180 Å². The minimum atomic E-state index is -0.608. The van der Waals surface area contributed by atoms with Gasteiger partial charge in [0.2, 0.25) is 5.91 Å². The highest BCUT2D eigenvalue weighted by atomic mass is 16.2. The maximum atomic E-state index is 13.4. The van der Waals surface area contributed by atoms with Crippen molar-refractivity contribution in [1.82, 2.24) is 15.1 Å². The minimum Gasteiger partial charge on any atom is -0.342 e. The molecule has 2 fully saturated rings. The Bertz CT molecular complexity index is 733. The number of hydrogen-bond acceptors (Lipinski definition) is 3. The predicted molar refractivity (Wildman–Crippen MR) is 119 cm³/mol. The topological polar surface area (TPSA) is 76.5 Å². The molecule has 164 valence electrons. The van der Waals surface area contributed by atoms with Gasteiger partial charge in [0.05, 0.1) is 6.42 Å². The molecule has 6 heteroatoms. The van der Waals surface area contributed by atoms with Gasteiger partial charge in [-0.25, -0.2) is 0 Å². The van der Waals surface area contributed by atoms with E-state index >= 15 is 0 Å². The van der Waals surface area contributed by atoms with Crippen molar-refractivity contribution in [1.29, 1.82) is 5.41 Å². The van der Waals surface area contributed by atoms with Crippen molar-refractivity contribution in [2.75, 3.05) is 13.1 Å². The quantitative estimate of drug-likeness (QED) is 0.649. The molecule has 0 unspecified atom stereocenters. The third-order valence-corrected chi connectivity index (χ3v) is 6.52. The number of piperidine rings is 1. The summed E-state index contributed by atoms with van der Waals surface area (Å²) < 4.78 is 0. The van der Waals surface area contributed by atoms with Gasteiger partial charge in [0.25, 0.3) is 5.91 Å². The van der Waals surface area contributed by atoms with E-state index in [9.17, 15) is 9.59 Å². The monoisotopic (exact) mass is 412 g/mol. The lowest BCUT2D eigenvalue weighted by Gasteiger charge is -2.36. The van der Waals surface area contributed by atoms with Crippen LogP contribution < -0.4 is 5.32 Å². The number of unbranched alkanes of at least 4 members (excludes halogenated alkanes) is 2. The van der Waals surface area contributed by atoms with Crippen LogP contribution in [0.2, 0.25) is 0 Å². The fourth-order valence-electron chi connectivity index (χ4n) is 4.70. The van der Waals surface area contributed by atoms with Crippen molar-refractivity contribution in [2.45, 2.75) is 83.2 Å². The van der Waals surface area contributed by atoms with Crippen molar-refractivity contribution in [3.05, 3.63) is 35.9 Å². The first-order valence-corrected chi connectivity index (χ1v) is 11.5. The molecule has 0 spiro atoms. The van der Waals surface area contributed by atoms with E-state index in [2.05, 4.69) is 19.2 Å². The summed E-state index contributed by atoms with van der Waals surface area (Å²) in [5, 5.41) is 11.8. The van der Waals surface area contributed by atoms with Crippen LogP contribution in [0.4, 0.5) is 0 Å². The number of nitrogens with one attached hydrogen (secondary N) is 2. The normalized spacial score (nSPS) is 19.3. The molecule has 0 aromatic heterocycles. The smallest absolute Gasteiger partial charge is 0.255 e. The van der Waals surface area contributed by atoms with Gasteiger partial charge in [-0.3, -0.25) is 19.9 Å². The van der Waals surface area contributed by atoms with Gasteiger partial charge in [-0.2, -0.15) is 0 Å². The molecule has 0 bridgehead atoms. The van der Waals surface area contributed by atoms with Gasteiger partial charge in [-0.15, -0.1) is 0 Å². The first-order chi connectivity index (χ1) is 14.5. The number of carbonyl (C=O) groups excluding carboxylic acids is 2. The number of nitrogens with zero attached hydrogens (tertiary/aromatic N) is 2. The zero-order valence-electron chi connectivity index (χ0n) is 18.5. The third-order valence-electron chi connectivity index (χ3n) is 6.52. The van der Waals surface area contributed by atoms with Gasteiger partial charge in [-0.05, 0) is 31.2 Å². The molecule has 2 amide bonds. The molecular formula is C24H36N4O2. The summed E-state index contributed by atoms with van der Waals surface area (Å²) in [6.45, 7) is 5.56. The van der Waals surface area contributed by atoms with Gasteiger partial charge < -0.3 is 10.2 Å². The van der Waals surface area contributed by atoms with E-state index in [4.69, 9.17) is 5.41 Å². The molecule has 1 aromatic rings. The van der Waals surface area contributed by atoms with Crippen LogP contribution in [-0.4, -0.2) is 52.2 Å². The Morgan fingerprint density at radius 3 is 2.27 bits per heavy atom. The fourth-order valence-corrected chi connectivity index (χ4v) is 4.70. The van der Waals surface area contributed by atoms with E-state index in [0.717, 1.165) is 56.9 Å². The van der Waals surface area contributed by atoms with E-state index in [1.54, 1.807) is 4.90 Å². The molecule has 0 atom stereocenters. The lowest BCUT2D eigenvalue weighted by Crippen LogP contribution is -2.51. The standard InChI is InChI=1S/C24H36N4O2/c1-3-5-14-24(15-6-4-2)22(30)28(23(25)26-24)20-12-16-27(17-13-20)21(29)18-19-10-8-7-9-11-19/h7-11,20H,3-6,12-18H2,1-2H3,(H2,25,26). The molecule has 0 aliphatic carbocycles. The molecule has 0 radical (unpaired) electrons. The van der Waals surface area contributed by atoms with Crippen LogP contribution in [0.3, 0.4) is 0 Å². The van der Waals surface area contributed by atoms with Crippen molar-refractivity contribution in [3.8, 4) is 0 Å². The molecule has 0 saturated carbocycles. The summed E-state index contributed by atoms with van der Waals surface area (Å²) in [5.74, 6) is 0.463. The molecule has 2 aliphatic rings. The molecule has 2 N–H and O–H groups in total. The third kappa shape index (κ3) is 4.85. The molecule has 30 heavy (non-hydrogen) atoms. The zero-order valence-corrected chi connectivity index (χ0v) is 18.5. The van der Waals surface area contributed by atoms with Crippen LogP contribution in [0.15, 0.2) is 30.3 Å². The molecule has 2 saturated heterocycles. The van der Waals surface area contributed by atoms with Crippen LogP contribution >= 0.6 is 0 Å². The Hall–Kier alpha value is -2.37. The summed E-state index contributed by atoms with van der Waals surface area (Å²) >= 11 is 0. The van der Waals surface area contributed by atoms with E-state index < -0.39 is 5.54 Å². The van der Waals surface area contributed by atoms with E-state index in [-0.39, 0.29) is 23.8 Å². The highest BCUT2D eigenvalue weighted by molar-refractivity contribution is 6.08. The molecule has 1 aromatic carbocycles. The van der Waals surface area contributed by atoms with E-state index in [0.29, 0.717) is 19.5 Å². The highest BCUT2D eigenvalue weighted by Gasteiger charge is 2.50. The SMILES string of the molecule is CCCCC1(CCCC)NC(=N)N(C2CCN(C(=O)Cc3ccccc3)CC2)C1=O. The van der Waals surface area contributed by atoms with Crippen LogP contribution in [0.25, 0.3) is 0 Å². The fraction of sp³-hybridized carbons (Fsp3) is 0.625.